The number of carbonyl (C=O) groups is 2. The number of nitrogens with zero attached hydrogens (tertiary/aromatic N) is 1. The van der Waals surface area contributed by atoms with E-state index >= 15 is 0 Å². The van der Waals surface area contributed by atoms with Crippen molar-refractivity contribution in [3.05, 3.63) is 70.4 Å². The van der Waals surface area contributed by atoms with E-state index in [0.29, 0.717) is 28.5 Å². The van der Waals surface area contributed by atoms with Crippen LogP contribution in [-0.2, 0) is 16.0 Å². The molecule has 0 aliphatic heterocycles. The Kier molecular flexibility index (Phi) is 9.06. The van der Waals surface area contributed by atoms with Gasteiger partial charge in [-0.3, -0.25) is 14.5 Å². The van der Waals surface area contributed by atoms with Gasteiger partial charge in [-0.2, -0.15) is 0 Å². The number of methoxy groups -OCH3 is 3. The van der Waals surface area contributed by atoms with Crippen LogP contribution in [0, 0.1) is 0 Å². The van der Waals surface area contributed by atoms with Crippen molar-refractivity contribution in [3.8, 4) is 17.2 Å². The van der Waals surface area contributed by atoms with Crippen molar-refractivity contribution in [2.24, 2.45) is 0 Å². The highest BCUT2D eigenvalue weighted by molar-refractivity contribution is 7.10. The van der Waals surface area contributed by atoms with Gasteiger partial charge >= 0.3 is 0 Å². The van der Waals surface area contributed by atoms with E-state index in [2.05, 4.69) is 5.32 Å². The number of carbonyl (C=O) groups excluding carboxylic acids is 2. The molecule has 0 spiro atoms. The molecular weight excluding hydrogens is 488 g/mol. The van der Waals surface area contributed by atoms with Gasteiger partial charge in [-0.1, -0.05) is 25.3 Å². The SMILES string of the molecule is COc1ccc(N(C(=O)Cc2cccs2)[C@H](C(=O)NC2CCCCC2)c2ccc(OC)cc2OC)cc1. The molecule has 1 aliphatic carbocycles. The van der Waals surface area contributed by atoms with E-state index in [0.717, 1.165) is 30.6 Å². The van der Waals surface area contributed by atoms with Crippen molar-refractivity contribution >= 4 is 28.8 Å². The largest absolute Gasteiger partial charge is 0.497 e. The zero-order chi connectivity index (χ0) is 26.2. The van der Waals surface area contributed by atoms with Crippen LogP contribution in [0.4, 0.5) is 5.69 Å². The number of amides is 2. The number of hydrogen-bond donors (Lipinski definition) is 1. The number of rotatable bonds is 10. The van der Waals surface area contributed by atoms with Gasteiger partial charge in [0.05, 0.1) is 27.8 Å². The highest BCUT2D eigenvalue weighted by Crippen LogP contribution is 2.37. The zero-order valence-corrected chi connectivity index (χ0v) is 22.4. The van der Waals surface area contributed by atoms with Crippen molar-refractivity contribution in [1.29, 1.82) is 0 Å². The number of hydrogen-bond acceptors (Lipinski definition) is 6. The summed E-state index contributed by atoms with van der Waals surface area (Å²) in [6.45, 7) is 0. The zero-order valence-electron chi connectivity index (χ0n) is 21.6. The molecule has 2 amide bonds. The van der Waals surface area contributed by atoms with Gasteiger partial charge in [-0.15, -0.1) is 11.3 Å². The Balaban J connectivity index is 1.81. The Labute approximate surface area is 222 Å². The quantitative estimate of drug-likeness (QED) is 0.378. The van der Waals surface area contributed by atoms with Gasteiger partial charge in [-0.25, -0.2) is 0 Å². The monoisotopic (exact) mass is 522 g/mol. The maximum Gasteiger partial charge on any atom is 0.248 e. The van der Waals surface area contributed by atoms with E-state index in [4.69, 9.17) is 14.2 Å². The molecule has 8 heteroatoms. The summed E-state index contributed by atoms with van der Waals surface area (Å²) in [5, 5.41) is 5.19. The van der Waals surface area contributed by atoms with Crippen LogP contribution >= 0.6 is 11.3 Å². The molecule has 196 valence electrons. The molecule has 0 saturated heterocycles. The molecule has 3 aromatic rings. The lowest BCUT2D eigenvalue weighted by Crippen LogP contribution is -2.47. The van der Waals surface area contributed by atoms with Crippen molar-refractivity contribution in [2.45, 2.75) is 50.6 Å². The van der Waals surface area contributed by atoms with Crippen molar-refractivity contribution in [1.82, 2.24) is 5.32 Å². The molecule has 2 aromatic carbocycles. The van der Waals surface area contributed by atoms with Gasteiger partial charge in [0.1, 0.15) is 23.3 Å². The fourth-order valence-corrected chi connectivity index (χ4v) is 5.49. The fourth-order valence-electron chi connectivity index (χ4n) is 4.80. The van der Waals surface area contributed by atoms with E-state index in [1.54, 1.807) is 56.6 Å². The fraction of sp³-hybridized carbons (Fsp3) is 0.379. The minimum absolute atomic E-state index is 0.0816. The number of anilines is 1. The second-order valence-electron chi connectivity index (χ2n) is 9.07. The summed E-state index contributed by atoms with van der Waals surface area (Å²) >= 11 is 1.52. The van der Waals surface area contributed by atoms with Gasteiger partial charge in [0.25, 0.3) is 0 Å². The summed E-state index contributed by atoms with van der Waals surface area (Å²) in [5.74, 6) is 1.33. The number of ether oxygens (including phenoxy) is 3. The Hall–Kier alpha value is -3.52. The van der Waals surface area contributed by atoms with E-state index in [-0.39, 0.29) is 24.3 Å². The van der Waals surface area contributed by atoms with E-state index < -0.39 is 6.04 Å². The molecule has 0 radical (unpaired) electrons. The molecule has 1 aromatic heterocycles. The maximum absolute atomic E-state index is 14.1. The Morgan fingerprint density at radius 3 is 2.27 bits per heavy atom. The topological polar surface area (TPSA) is 77.1 Å². The molecule has 1 saturated carbocycles. The first-order valence-electron chi connectivity index (χ1n) is 12.5. The average molecular weight is 523 g/mol. The predicted molar refractivity (Wildman–Crippen MR) is 146 cm³/mol. The third kappa shape index (κ3) is 6.43. The minimum Gasteiger partial charge on any atom is -0.497 e. The van der Waals surface area contributed by atoms with Gasteiger partial charge in [0.2, 0.25) is 11.8 Å². The Morgan fingerprint density at radius 1 is 0.946 bits per heavy atom. The van der Waals surface area contributed by atoms with Crippen LogP contribution in [-0.4, -0.2) is 39.2 Å². The summed E-state index contributed by atoms with van der Waals surface area (Å²) < 4.78 is 16.4. The van der Waals surface area contributed by atoms with Gasteiger partial charge in [0.15, 0.2) is 0 Å². The normalized spacial score (nSPS) is 14.5. The Morgan fingerprint density at radius 2 is 1.65 bits per heavy atom. The third-order valence-electron chi connectivity index (χ3n) is 6.72. The lowest BCUT2D eigenvalue weighted by atomic mass is 9.94. The van der Waals surface area contributed by atoms with Gasteiger partial charge in [0, 0.05) is 28.2 Å². The van der Waals surface area contributed by atoms with Crippen LogP contribution in [0.1, 0.15) is 48.6 Å². The van der Waals surface area contributed by atoms with Crippen LogP contribution in [0.25, 0.3) is 0 Å². The van der Waals surface area contributed by atoms with Crippen molar-refractivity contribution < 1.29 is 23.8 Å². The van der Waals surface area contributed by atoms with Crippen LogP contribution in [0.2, 0.25) is 0 Å². The summed E-state index contributed by atoms with van der Waals surface area (Å²) in [5.41, 5.74) is 1.19. The minimum atomic E-state index is -0.941. The average Bonchev–Trinajstić information content (AvgIpc) is 3.45. The molecule has 1 heterocycles. The summed E-state index contributed by atoms with van der Waals surface area (Å²) in [7, 11) is 4.73. The first kappa shape index (κ1) is 26.5. The lowest BCUT2D eigenvalue weighted by Gasteiger charge is -2.34. The molecule has 1 atom stereocenters. The van der Waals surface area contributed by atoms with Crippen LogP contribution in [0.3, 0.4) is 0 Å². The first-order valence-corrected chi connectivity index (χ1v) is 13.4. The van der Waals surface area contributed by atoms with E-state index in [1.807, 2.05) is 29.6 Å². The Bertz CT molecular complexity index is 1170. The number of nitrogens with one attached hydrogen (secondary N) is 1. The van der Waals surface area contributed by atoms with Crippen LogP contribution in [0.5, 0.6) is 17.2 Å². The molecule has 1 aliphatic rings. The number of benzene rings is 2. The highest BCUT2D eigenvalue weighted by Gasteiger charge is 2.36. The molecule has 0 bridgehead atoms. The van der Waals surface area contributed by atoms with Gasteiger partial charge < -0.3 is 19.5 Å². The third-order valence-corrected chi connectivity index (χ3v) is 7.59. The second-order valence-corrected chi connectivity index (χ2v) is 10.1. The predicted octanol–water partition coefficient (Wildman–Crippen LogP) is 5.54. The molecule has 1 N–H and O–H groups in total. The van der Waals surface area contributed by atoms with Crippen LogP contribution < -0.4 is 24.4 Å². The molecular formula is C29H34N2O5S. The number of thiophene rings is 1. The highest BCUT2D eigenvalue weighted by atomic mass is 32.1. The van der Waals surface area contributed by atoms with Crippen molar-refractivity contribution in [3.63, 3.8) is 0 Å². The van der Waals surface area contributed by atoms with Gasteiger partial charge in [-0.05, 0) is 60.7 Å². The lowest BCUT2D eigenvalue weighted by molar-refractivity contribution is -0.127. The molecule has 4 rings (SSSR count). The smallest absolute Gasteiger partial charge is 0.248 e. The van der Waals surface area contributed by atoms with E-state index in [9.17, 15) is 9.59 Å². The first-order chi connectivity index (χ1) is 18.0. The molecule has 7 nitrogen and oxygen atoms in total. The standard InChI is InChI=1S/C29H34N2O5S/c1-34-22-13-11-21(12-14-22)31(27(32)19-24-10-7-17-37-24)28(29(33)30-20-8-5-4-6-9-20)25-16-15-23(35-2)18-26(25)36-3/h7,10-18,20,28H,4-6,8-9,19H2,1-3H3,(H,30,33)/t28-/m0/s1. The molecule has 37 heavy (non-hydrogen) atoms. The summed E-state index contributed by atoms with van der Waals surface area (Å²) in [6, 6.07) is 15.5. The molecule has 0 unspecified atom stereocenters. The van der Waals surface area contributed by atoms with Crippen molar-refractivity contribution in [2.75, 3.05) is 26.2 Å². The summed E-state index contributed by atoms with van der Waals surface area (Å²) in [4.78, 5) is 30.5. The summed E-state index contributed by atoms with van der Waals surface area (Å²) in [6.07, 6.45) is 5.39. The van der Waals surface area contributed by atoms with E-state index in [1.165, 1.54) is 17.8 Å². The maximum atomic E-state index is 14.1. The van der Waals surface area contributed by atoms with Crippen LogP contribution in [0.15, 0.2) is 60.0 Å². The molecule has 1 fully saturated rings. The second kappa shape index (κ2) is 12.6.